The molecule has 2 heterocycles. The van der Waals surface area contributed by atoms with Gasteiger partial charge < -0.3 is 4.90 Å². The molecule has 30 heavy (non-hydrogen) atoms. The van der Waals surface area contributed by atoms with Crippen LogP contribution in [0.4, 0.5) is 18.9 Å². The van der Waals surface area contributed by atoms with Crippen molar-refractivity contribution in [2.24, 2.45) is 0 Å². The molecule has 8 heteroatoms. The second-order valence-corrected chi connectivity index (χ2v) is 8.04. The number of aromatic nitrogens is 2. The molecule has 0 radical (unpaired) electrons. The lowest BCUT2D eigenvalue weighted by atomic mass is 10.1. The third kappa shape index (κ3) is 3.82. The average Bonchev–Trinajstić information content (AvgIpc) is 3.02. The van der Waals surface area contributed by atoms with Crippen molar-refractivity contribution >= 4 is 22.0 Å². The van der Waals surface area contributed by atoms with Gasteiger partial charge in [-0.1, -0.05) is 0 Å². The van der Waals surface area contributed by atoms with Gasteiger partial charge in [0.05, 0.1) is 17.9 Å². The van der Waals surface area contributed by atoms with E-state index >= 15 is 0 Å². The predicted molar refractivity (Wildman–Crippen MR) is 113 cm³/mol. The summed E-state index contributed by atoms with van der Waals surface area (Å²) in [6.45, 7) is 4.76. The quantitative estimate of drug-likeness (QED) is 0.439. The molecule has 0 bridgehead atoms. The van der Waals surface area contributed by atoms with E-state index in [1.54, 1.807) is 19.1 Å². The number of benzene rings is 2. The molecule has 0 atom stereocenters. The Kier molecular flexibility index (Phi) is 5.34. The number of aryl methyl sites for hydroxylation is 1. The van der Waals surface area contributed by atoms with Crippen LogP contribution in [-0.4, -0.2) is 15.9 Å². The molecule has 0 spiro atoms. The van der Waals surface area contributed by atoms with Crippen LogP contribution in [0.2, 0.25) is 0 Å². The number of hydrogen-bond donors (Lipinski definition) is 0. The molecule has 154 valence electrons. The van der Waals surface area contributed by atoms with Crippen LogP contribution in [0.1, 0.15) is 17.5 Å². The smallest absolute Gasteiger partial charge is 0.259 e. The molecule has 0 amide bonds. The van der Waals surface area contributed by atoms with E-state index in [1.165, 1.54) is 46.1 Å². The third-order valence-corrected chi connectivity index (χ3v) is 5.76. The van der Waals surface area contributed by atoms with Gasteiger partial charge in [-0.2, -0.15) is 0 Å². The number of halogens is 3. The third-order valence-electron chi connectivity index (χ3n) is 4.80. The first kappa shape index (κ1) is 20.2. The molecule has 0 saturated carbocycles. The zero-order valence-electron chi connectivity index (χ0n) is 16.3. The van der Waals surface area contributed by atoms with Crippen LogP contribution in [0.15, 0.2) is 53.3 Å². The van der Waals surface area contributed by atoms with E-state index in [-0.39, 0.29) is 16.9 Å². The molecule has 4 aromatic rings. The Bertz CT molecular complexity index is 1260. The standard InChI is InChI=1S/C22H18F3N3OS/c1-3-27(19-6-4-15(23)5-7-19)12-18-11-20(29)28-21(13(2)30-22(28)26-18)14-8-16(24)10-17(25)9-14/h4-11H,3,12H2,1-2H3. The maximum absolute atomic E-state index is 13.7. The summed E-state index contributed by atoms with van der Waals surface area (Å²) in [6.07, 6.45) is 0. The minimum Gasteiger partial charge on any atom is -0.366 e. The van der Waals surface area contributed by atoms with Gasteiger partial charge >= 0.3 is 0 Å². The van der Waals surface area contributed by atoms with E-state index in [1.807, 2.05) is 11.8 Å². The van der Waals surface area contributed by atoms with Crippen LogP contribution in [0.5, 0.6) is 0 Å². The zero-order chi connectivity index (χ0) is 21.4. The van der Waals surface area contributed by atoms with Gasteiger partial charge in [0, 0.05) is 34.8 Å². The maximum Gasteiger partial charge on any atom is 0.259 e. The molecule has 4 rings (SSSR count). The fourth-order valence-electron chi connectivity index (χ4n) is 3.46. The normalized spacial score (nSPS) is 11.2. The molecule has 2 aromatic carbocycles. The fourth-order valence-corrected chi connectivity index (χ4v) is 4.48. The second kappa shape index (κ2) is 7.95. The van der Waals surface area contributed by atoms with Gasteiger partial charge in [-0.15, -0.1) is 11.3 Å². The summed E-state index contributed by atoms with van der Waals surface area (Å²) in [4.78, 5) is 20.7. The topological polar surface area (TPSA) is 37.6 Å². The lowest BCUT2D eigenvalue weighted by molar-refractivity contribution is 0.584. The number of rotatable bonds is 5. The van der Waals surface area contributed by atoms with Crippen LogP contribution >= 0.6 is 11.3 Å². The van der Waals surface area contributed by atoms with Crippen molar-refractivity contribution in [2.45, 2.75) is 20.4 Å². The second-order valence-electron chi connectivity index (χ2n) is 6.86. The molecule has 0 aliphatic rings. The number of thiazole rings is 1. The highest BCUT2D eigenvalue weighted by molar-refractivity contribution is 7.17. The molecule has 0 fully saturated rings. The van der Waals surface area contributed by atoms with Crippen LogP contribution < -0.4 is 10.5 Å². The lowest BCUT2D eigenvalue weighted by Crippen LogP contribution is -2.24. The summed E-state index contributed by atoms with van der Waals surface area (Å²) in [7, 11) is 0. The van der Waals surface area contributed by atoms with Gasteiger partial charge in [-0.05, 0) is 50.2 Å². The van der Waals surface area contributed by atoms with Gasteiger partial charge in [0.2, 0.25) is 0 Å². The van der Waals surface area contributed by atoms with Crippen molar-refractivity contribution in [1.29, 1.82) is 0 Å². The molecule has 0 N–H and O–H groups in total. The fraction of sp³-hybridized carbons (Fsp3) is 0.182. The highest BCUT2D eigenvalue weighted by Gasteiger charge is 2.17. The van der Waals surface area contributed by atoms with Crippen molar-refractivity contribution in [2.75, 3.05) is 11.4 Å². The zero-order valence-corrected chi connectivity index (χ0v) is 17.1. The first-order chi connectivity index (χ1) is 14.4. The van der Waals surface area contributed by atoms with E-state index in [0.717, 1.165) is 16.6 Å². The number of anilines is 1. The van der Waals surface area contributed by atoms with Gasteiger partial charge in [-0.25, -0.2) is 18.2 Å². The Hall–Kier alpha value is -3.13. The Balaban J connectivity index is 1.76. The summed E-state index contributed by atoms with van der Waals surface area (Å²) in [5.74, 6) is -1.73. The summed E-state index contributed by atoms with van der Waals surface area (Å²) in [5, 5.41) is 0. The first-order valence-electron chi connectivity index (χ1n) is 9.34. The highest BCUT2D eigenvalue weighted by Crippen LogP contribution is 2.30. The van der Waals surface area contributed by atoms with E-state index in [9.17, 15) is 18.0 Å². The molecule has 0 aliphatic carbocycles. The molecular formula is C22H18F3N3OS. The van der Waals surface area contributed by atoms with Crippen LogP contribution in [0, 0.1) is 24.4 Å². The summed E-state index contributed by atoms with van der Waals surface area (Å²) in [5.41, 5.74) is 1.77. The summed E-state index contributed by atoms with van der Waals surface area (Å²) < 4.78 is 42.0. The minimum atomic E-state index is -0.709. The van der Waals surface area contributed by atoms with E-state index in [0.29, 0.717) is 29.4 Å². The van der Waals surface area contributed by atoms with Crippen molar-refractivity contribution < 1.29 is 13.2 Å². The average molecular weight is 429 g/mol. The van der Waals surface area contributed by atoms with Crippen molar-refractivity contribution in [1.82, 2.24) is 9.38 Å². The molecule has 0 unspecified atom stereocenters. The number of fused-ring (bicyclic) bond motifs is 1. The van der Waals surface area contributed by atoms with Crippen molar-refractivity contribution in [3.8, 4) is 11.3 Å². The van der Waals surface area contributed by atoms with Crippen LogP contribution in [-0.2, 0) is 6.54 Å². The van der Waals surface area contributed by atoms with E-state index in [2.05, 4.69) is 4.98 Å². The Morgan fingerprint density at radius 3 is 2.30 bits per heavy atom. The van der Waals surface area contributed by atoms with Gasteiger partial charge in [0.25, 0.3) is 5.56 Å². The van der Waals surface area contributed by atoms with Crippen LogP contribution in [0.3, 0.4) is 0 Å². The largest absolute Gasteiger partial charge is 0.366 e. The lowest BCUT2D eigenvalue weighted by Gasteiger charge is -2.22. The Morgan fingerprint density at radius 1 is 1.00 bits per heavy atom. The van der Waals surface area contributed by atoms with E-state index < -0.39 is 11.6 Å². The first-order valence-corrected chi connectivity index (χ1v) is 10.2. The molecule has 2 aromatic heterocycles. The predicted octanol–water partition coefficient (Wildman–Crippen LogP) is 5.18. The Morgan fingerprint density at radius 2 is 1.67 bits per heavy atom. The Labute approximate surface area is 174 Å². The van der Waals surface area contributed by atoms with Gasteiger partial charge in [0.15, 0.2) is 4.96 Å². The molecular weight excluding hydrogens is 411 g/mol. The highest BCUT2D eigenvalue weighted by atomic mass is 32.1. The minimum absolute atomic E-state index is 0.286. The maximum atomic E-state index is 13.7. The monoisotopic (exact) mass is 429 g/mol. The molecule has 0 saturated heterocycles. The SMILES string of the molecule is CCN(Cc1cc(=O)n2c(-c3cc(F)cc(F)c3)c(C)sc2n1)c1ccc(F)cc1. The number of nitrogens with zero attached hydrogens (tertiary/aromatic N) is 3. The van der Waals surface area contributed by atoms with E-state index in [4.69, 9.17) is 0 Å². The summed E-state index contributed by atoms with van der Waals surface area (Å²) >= 11 is 1.28. The van der Waals surface area contributed by atoms with Crippen molar-refractivity contribution in [3.05, 3.63) is 86.9 Å². The van der Waals surface area contributed by atoms with Crippen molar-refractivity contribution in [3.63, 3.8) is 0 Å². The van der Waals surface area contributed by atoms with Crippen LogP contribution in [0.25, 0.3) is 16.2 Å². The van der Waals surface area contributed by atoms with Gasteiger partial charge in [-0.3, -0.25) is 9.20 Å². The van der Waals surface area contributed by atoms with Gasteiger partial charge in [0.1, 0.15) is 17.5 Å². The molecule has 4 nitrogen and oxygen atoms in total. The summed E-state index contributed by atoms with van der Waals surface area (Å²) in [6, 6.07) is 10.7. The molecule has 0 aliphatic heterocycles. The number of hydrogen-bond acceptors (Lipinski definition) is 4.